The Kier molecular flexibility index (Phi) is 7.33. The first-order valence-electron chi connectivity index (χ1n) is 10.8. The number of hydrogen-bond acceptors (Lipinski definition) is 8. The first kappa shape index (κ1) is 24.9. The second kappa shape index (κ2) is 10.6. The van der Waals surface area contributed by atoms with Gasteiger partial charge in [-0.05, 0) is 43.4 Å². The molecule has 4 N–H and O–H groups in total. The zero-order chi connectivity index (χ0) is 25.8. The topological polar surface area (TPSA) is 149 Å². The Bertz CT molecular complexity index is 1290. The second-order valence-electron chi connectivity index (χ2n) is 7.98. The molecule has 14 heteroatoms. The van der Waals surface area contributed by atoms with Crippen molar-refractivity contribution < 1.29 is 28.3 Å². The van der Waals surface area contributed by atoms with Crippen molar-refractivity contribution in [3.8, 4) is 0 Å². The highest BCUT2D eigenvalue weighted by atomic mass is 32.1. The van der Waals surface area contributed by atoms with E-state index in [9.17, 15) is 23.2 Å². The number of anilines is 3. The average Bonchev–Trinajstić information content (AvgIpc) is 3.21. The van der Waals surface area contributed by atoms with Gasteiger partial charge >= 0.3 is 6.09 Å². The molecule has 1 fully saturated rings. The maximum Gasteiger partial charge on any atom is 0.404 e. The number of likely N-dealkylation sites (tertiary alicyclic amines) is 1. The lowest BCUT2D eigenvalue weighted by molar-refractivity contribution is 0.0699. The summed E-state index contributed by atoms with van der Waals surface area (Å²) in [5.41, 5.74) is 0.829. The van der Waals surface area contributed by atoms with Gasteiger partial charge in [0.25, 0.3) is 11.8 Å². The van der Waals surface area contributed by atoms with Gasteiger partial charge in [0.1, 0.15) is 16.5 Å². The van der Waals surface area contributed by atoms with Gasteiger partial charge < -0.3 is 26.0 Å². The molecule has 0 unspecified atom stereocenters. The molecule has 1 aliphatic heterocycles. The number of hydrogen-bond donors (Lipinski definition) is 4. The minimum atomic E-state index is -1.09. The Hall–Kier alpha value is -4.20. The lowest BCUT2D eigenvalue weighted by atomic mass is 10.1. The highest BCUT2D eigenvalue weighted by molar-refractivity contribution is 7.10. The summed E-state index contributed by atoms with van der Waals surface area (Å²) in [6.07, 6.45) is 2.57. The van der Waals surface area contributed by atoms with Gasteiger partial charge in [-0.25, -0.2) is 23.5 Å². The van der Waals surface area contributed by atoms with Gasteiger partial charge in [-0.15, -0.1) is 0 Å². The van der Waals surface area contributed by atoms with Crippen LogP contribution in [-0.4, -0.2) is 61.4 Å². The zero-order valence-corrected chi connectivity index (χ0v) is 19.7. The number of carbonyl (C=O) groups excluding carboxylic acids is 2. The molecule has 2 aromatic heterocycles. The van der Waals surface area contributed by atoms with E-state index in [-0.39, 0.29) is 34.7 Å². The predicted molar refractivity (Wildman–Crippen MR) is 127 cm³/mol. The number of aryl methyl sites for hydroxylation is 1. The van der Waals surface area contributed by atoms with Crippen LogP contribution >= 0.6 is 11.5 Å². The van der Waals surface area contributed by atoms with E-state index in [0.717, 1.165) is 23.7 Å². The number of aromatic nitrogens is 3. The molecular weight excluding hydrogens is 496 g/mol. The Morgan fingerprint density at radius 1 is 1.11 bits per heavy atom. The van der Waals surface area contributed by atoms with E-state index in [4.69, 9.17) is 5.11 Å². The number of carbonyl (C=O) groups is 3. The third-order valence-electron chi connectivity index (χ3n) is 5.49. The number of carboxylic acid groups (broad SMARTS) is 1. The molecule has 0 bridgehead atoms. The third-order valence-corrected chi connectivity index (χ3v) is 6.34. The molecule has 3 heterocycles. The van der Waals surface area contributed by atoms with E-state index in [2.05, 4.69) is 30.3 Å². The molecule has 4 rings (SSSR count). The molecule has 0 saturated carbocycles. The molecule has 0 aliphatic carbocycles. The van der Waals surface area contributed by atoms with Crippen LogP contribution in [0.25, 0.3) is 0 Å². The molecule has 0 spiro atoms. The molecule has 0 atom stereocenters. The van der Waals surface area contributed by atoms with Crippen molar-refractivity contribution >= 4 is 45.9 Å². The van der Waals surface area contributed by atoms with Gasteiger partial charge in [-0.3, -0.25) is 9.59 Å². The van der Waals surface area contributed by atoms with Crippen LogP contribution in [0.3, 0.4) is 0 Å². The van der Waals surface area contributed by atoms with Crippen LogP contribution < -0.4 is 16.0 Å². The van der Waals surface area contributed by atoms with Gasteiger partial charge in [0.15, 0.2) is 11.6 Å². The molecular formula is C22H21F2N7O4S. The summed E-state index contributed by atoms with van der Waals surface area (Å²) in [6.45, 7) is 2.41. The third kappa shape index (κ3) is 5.71. The van der Waals surface area contributed by atoms with Crippen molar-refractivity contribution in [1.82, 2.24) is 24.6 Å². The fourth-order valence-corrected chi connectivity index (χ4v) is 4.47. The van der Waals surface area contributed by atoms with Gasteiger partial charge in [0.2, 0.25) is 0 Å². The summed E-state index contributed by atoms with van der Waals surface area (Å²) >= 11 is 1.01. The largest absolute Gasteiger partial charge is 0.465 e. The fraction of sp³-hybridized carbons (Fsp3) is 0.273. The summed E-state index contributed by atoms with van der Waals surface area (Å²) in [5, 5.41) is 17.1. The quantitative estimate of drug-likeness (QED) is 0.389. The molecule has 3 amide bonds. The van der Waals surface area contributed by atoms with Crippen molar-refractivity contribution in [3.63, 3.8) is 0 Å². The second-order valence-corrected chi connectivity index (χ2v) is 8.76. The molecule has 1 aliphatic rings. The van der Waals surface area contributed by atoms with E-state index in [1.165, 1.54) is 18.5 Å². The zero-order valence-electron chi connectivity index (χ0n) is 18.9. The minimum Gasteiger partial charge on any atom is -0.465 e. The van der Waals surface area contributed by atoms with E-state index in [1.807, 2.05) is 0 Å². The van der Waals surface area contributed by atoms with Crippen molar-refractivity contribution in [2.24, 2.45) is 0 Å². The van der Waals surface area contributed by atoms with Crippen LogP contribution in [0.4, 0.5) is 30.1 Å². The normalized spacial score (nSPS) is 13.8. The van der Waals surface area contributed by atoms with Gasteiger partial charge in [-0.1, -0.05) is 0 Å². The number of halogens is 2. The number of piperidine rings is 1. The minimum absolute atomic E-state index is 0.0841. The smallest absolute Gasteiger partial charge is 0.404 e. The average molecular weight is 518 g/mol. The first-order chi connectivity index (χ1) is 17.2. The first-order valence-corrected chi connectivity index (χ1v) is 11.6. The molecule has 188 valence electrons. The van der Waals surface area contributed by atoms with Crippen LogP contribution in [0.2, 0.25) is 0 Å². The number of benzene rings is 1. The number of amides is 3. The van der Waals surface area contributed by atoms with Gasteiger partial charge in [0, 0.05) is 30.9 Å². The SMILES string of the molecule is Cc1nsc(Nc2cnc(C(=O)N3CCC(NC(=O)O)CC3)cn2)c1C(=O)Nc1ccc(F)c(F)c1. The molecule has 36 heavy (non-hydrogen) atoms. The maximum absolute atomic E-state index is 13.5. The Morgan fingerprint density at radius 2 is 1.86 bits per heavy atom. The predicted octanol–water partition coefficient (Wildman–Crippen LogP) is 3.39. The van der Waals surface area contributed by atoms with Crippen LogP contribution in [0.5, 0.6) is 0 Å². The van der Waals surface area contributed by atoms with Gasteiger partial charge in [0.05, 0.1) is 23.7 Å². The molecule has 3 aromatic rings. The van der Waals surface area contributed by atoms with Crippen molar-refractivity contribution in [3.05, 3.63) is 59.2 Å². The monoisotopic (exact) mass is 517 g/mol. The van der Waals surface area contributed by atoms with E-state index in [1.54, 1.807) is 11.8 Å². The summed E-state index contributed by atoms with van der Waals surface area (Å²) in [5.74, 6) is -2.73. The van der Waals surface area contributed by atoms with E-state index >= 15 is 0 Å². The van der Waals surface area contributed by atoms with Crippen LogP contribution in [-0.2, 0) is 0 Å². The van der Waals surface area contributed by atoms with Crippen molar-refractivity contribution in [2.45, 2.75) is 25.8 Å². The van der Waals surface area contributed by atoms with Crippen molar-refractivity contribution in [2.75, 3.05) is 23.7 Å². The Labute approximate surface area is 207 Å². The lowest BCUT2D eigenvalue weighted by Gasteiger charge is -2.31. The maximum atomic E-state index is 13.5. The standard InChI is InChI=1S/C22H21F2N7O4S/c1-11-18(19(32)27-13-2-3-14(23)15(24)8-13)20(36-30-11)29-17-10-25-16(9-26-17)21(33)31-6-4-12(5-7-31)28-22(34)35/h2-3,8-10,12,28H,4-7H2,1H3,(H,26,29)(H,27,32)(H,34,35). The van der Waals surface area contributed by atoms with Crippen molar-refractivity contribution in [1.29, 1.82) is 0 Å². The van der Waals surface area contributed by atoms with E-state index < -0.39 is 23.6 Å². The number of nitrogens with zero attached hydrogens (tertiary/aromatic N) is 4. The van der Waals surface area contributed by atoms with Crippen LogP contribution in [0.1, 0.15) is 39.4 Å². The number of rotatable bonds is 6. The number of nitrogens with one attached hydrogen (secondary N) is 3. The molecule has 1 saturated heterocycles. The summed E-state index contributed by atoms with van der Waals surface area (Å²) < 4.78 is 30.8. The van der Waals surface area contributed by atoms with E-state index in [0.29, 0.717) is 36.6 Å². The summed E-state index contributed by atoms with van der Waals surface area (Å²) in [6, 6.07) is 2.84. The summed E-state index contributed by atoms with van der Waals surface area (Å²) in [7, 11) is 0. The highest BCUT2D eigenvalue weighted by Gasteiger charge is 2.26. The fourth-order valence-electron chi connectivity index (χ4n) is 3.67. The summed E-state index contributed by atoms with van der Waals surface area (Å²) in [4.78, 5) is 46.2. The molecule has 1 aromatic carbocycles. The van der Waals surface area contributed by atoms with Gasteiger partial charge in [-0.2, -0.15) is 4.37 Å². The lowest BCUT2D eigenvalue weighted by Crippen LogP contribution is -2.46. The molecule has 11 nitrogen and oxygen atoms in total. The Morgan fingerprint density at radius 3 is 2.50 bits per heavy atom. The highest BCUT2D eigenvalue weighted by Crippen LogP contribution is 2.28. The molecule has 0 radical (unpaired) electrons. The Balaban J connectivity index is 1.40. The van der Waals surface area contributed by atoms with Crippen LogP contribution in [0, 0.1) is 18.6 Å². The van der Waals surface area contributed by atoms with Crippen LogP contribution in [0.15, 0.2) is 30.6 Å².